The van der Waals surface area contributed by atoms with Crippen molar-refractivity contribution in [1.82, 2.24) is 4.72 Å². The Hall–Kier alpha value is -0.950. The van der Waals surface area contributed by atoms with Crippen molar-refractivity contribution in [2.24, 2.45) is 0 Å². The van der Waals surface area contributed by atoms with E-state index in [9.17, 15) is 13.5 Å². The first kappa shape index (κ1) is 14.5. The fourth-order valence-corrected chi connectivity index (χ4v) is 3.50. The van der Waals surface area contributed by atoms with Gasteiger partial charge in [0.2, 0.25) is 10.0 Å². The fourth-order valence-electron chi connectivity index (χ4n) is 1.69. The van der Waals surface area contributed by atoms with Gasteiger partial charge in [0.1, 0.15) is 5.60 Å². The van der Waals surface area contributed by atoms with Crippen LogP contribution in [0.25, 0.3) is 10.1 Å². The van der Waals surface area contributed by atoms with Gasteiger partial charge in [0, 0.05) is 16.1 Å². The number of rotatable bonds is 5. The molecule has 2 rings (SSSR count). The molecule has 0 bridgehead atoms. The molecule has 1 heterocycles. The number of fused-ring (bicyclic) bond motifs is 1. The van der Waals surface area contributed by atoms with Crippen LogP contribution in [0.5, 0.6) is 0 Å². The van der Waals surface area contributed by atoms with Gasteiger partial charge in [-0.25, -0.2) is 13.1 Å². The number of thiophene rings is 1. The summed E-state index contributed by atoms with van der Waals surface area (Å²) in [6.07, 6.45) is 0. The van der Waals surface area contributed by atoms with Crippen molar-refractivity contribution in [2.45, 2.75) is 19.4 Å². The molecule has 0 aliphatic carbocycles. The molecular weight excluding hydrogens is 282 g/mol. The van der Waals surface area contributed by atoms with Gasteiger partial charge < -0.3 is 5.11 Å². The highest BCUT2D eigenvalue weighted by Gasteiger charge is 2.27. The zero-order valence-electron chi connectivity index (χ0n) is 10.9. The molecule has 0 radical (unpaired) electrons. The van der Waals surface area contributed by atoms with Crippen LogP contribution in [0.1, 0.15) is 18.7 Å². The summed E-state index contributed by atoms with van der Waals surface area (Å²) in [5, 5.41) is 11.5. The van der Waals surface area contributed by atoms with E-state index in [1.54, 1.807) is 13.8 Å². The van der Waals surface area contributed by atoms with Crippen molar-refractivity contribution < 1.29 is 13.5 Å². The minimum absolute atomic E-state index is 0.00942. The number of benzene rings is 1. The first-order valence-corrected chi connectivity index (χ1v) is 8.50. The molecule has 0 saturated heterocycles. The molecule has 2 N–H and O–H groups in total. The van der Waals surface area contributed by atoms with Crippen LogP contribution in [0, 0.1) is 0 Å². The molecule has 1 aromatic carbocycles. The normalized spacial score (nSPS) is 15.5. The summed E-state index contributed by atoms with van der Waals surface area (Å²) in [6, 6.07) is 9.74. The second-order valence-electron chi connectivity index (χ2n) is 4.65. The second-order valence-corrected chi connectivity index (χ2v) is 7.83. The molecule has 0 aliphatic rings. The Labute approximate surface area is 117 Å². The van der Waals surface area contributed by atoms with Gasteiger partial charge >= 0.3 is 0 Å². The van der Waals surface area contributed by atoms with Crippen molar-refractivity contribution in [3.05, 3.63) is 35.2 Å². The van der Waals surface area contributed by atoms with E-state index < -0.39 is 15.6 Å². The zero-order valence-corrected chi connectivity index (χ0v) is 12.5. The highest BCUT2D eigenvalue weighted by Crippen LogP contribution is 2.32. The number of aliphatic hydroxyl groups is 1. The van der Waals surface area contributed by atoms with Gasteiger partial charge in [-0.2, -0.15) is 0 Å². The Bertz CT molecular complexity index is 641. The summed E-state index contributed by atoms with van der Waals surface area (Å²) >= 11 is 1.48. The van der Waals surface area contributed by atoms with Gasteiger partial charge in [0.25, 0.3) is 0 Å². The molecule has 19 heavy (non-hydrogen) atoms. The molecule has 0 unspecified atom stereocenters. The van der Waals surface area contributed by atoms with E-state index in [-0.39, 0.29) is 12.3 Å². The molecule has 0 saturated carbocycles. The van der Waals surface area contributed by atoms with E-state index in [1.165, 1.54) is 11.3 Å². The Balaban J connectivity index is 2.23. The van der Waals surface area contributed by atoms with Crippen LogP contribution < -0.4 is 4.72 Å². The van der Waals surface area contributed by atoms with Gasteiger partial charge in [-0.05, 0) is 31.4 Å². The molecule has 104 valence electrons. The Morgan fingerprint density at radius 1 is 1.37 bits per heavy atom. The summed E-state index contributed by atoms with van der Waals surface area (Å²) in [6.45, 7) is 3.17. The molecular formula is C13H17NO3S2. The predicted molar refractivity (Wildman–Crippen MR) is 78.9 cm³/mol. The maximum atomic E-state index is 11.4. The number of sulfonamides is 1. The fraction of sp³-hybridized carbons (Fsp3) is 0.385. The summed E-state index contributed by atoms with van der Waals surface area (Å²) in [5.74, 6) is 0.00942. The Morgan fingerprint density at radius 3 is 2.68 bits per heavy atom. The lowest BCUT2D eigenvalue weighted by Crippen LogP contribution is -2.38. The number of hydrogen-bond donors (Lipinski definition) is 2. The second kappa shape index (κ2) is 5.20. The summed E-state index contributed by atoms with van der Waals surface area (Å²) in [4.78, 5) is 0.757. The molecule has 0 amide bonds. The molecule has 0 fully saturated rings. The van der Waals surface area contributed by atoms with Crippen LogP contribution in [-0.2, 0) is 15.6 Å². The highest BCUT2D eigenvalue weighted by atomic mass is 32.2. The lowest BCUT2D eigenvalue weighted by atomic mass is 10.1. The van der Waals surface area contributed by atoms with Crippen LogP contribution in [0.2, 0.25) is 0 Å². The number of nitrogens with one attached hydrogen (secondary N) is 1. The Morgan fingerprint density at radius 2 is 2.05 bits per heavy atom. The van der Waals surface area contributed by atoms with Crippen molar-refractivity contribution in [1.29, 1.82) is 0 Å². The molecule has 6 heteroatoms. The van der Waals surface area contributed by atoms with Gasteiger partial charge in [-0.1, -0.05) is 18.2 Å². The third-order valence-electron chi connectivity index (χ3n) is 2.97. The van der Waals surface area contributed by atoms with Crippen LogP contribution in [0.4, 0.5) is 0 Å². The average Bonchev–Trinajstić information content (AvgIpc) is 2.81. The summed E-state index contributed by atoms with van der Waals surface area (Å²) in [5.41, 5.74) is -1.20. The molecule has 2 aromatic rings. The predicted octanol–water partition coefficient (Wildman–Crippen LogP) is 2.05. The molecule has 0 aliphatic heterocycles. The topological polar surface area (TPSA) is 66.4 Å². The van der Waals surface area contributed by atoms with Gasteiger partial charge in [0.05, 0.1) is 5.75 Å². The Kier molecular flexibility index (Phi) is 3.96. The maximum absolute atomic E-state index is 11.4. The standard InChI is InChI=1S/C13H17NO3S2/c1-3-19(16,17)14-9-13(2,15)12-8-10-6-4-5-7-11(10)18-12/h4-8,14-15H,3,9H2,1-2H3/t13-/m1/s1. The zero-order chi connectivity index (χ0) is 14.1. The maximum Gasteiger partial charge on any atom is 0.211 e. The third kappa shape index (κ3) is 3.33. The third-order valence-corrected chi connectivity index (χ3v) is 5.69. The molecule has 0 spiro atoms. The minimum Gasteiger partial charge on any atom is -0.383 e. The van der Waals surface area contributed by atoms with E-state index in [0.29, 0.717) is 0 Å². The quantitative estimate of drug-likeness (QED) is 0.888. The lowest BCUT2D eigenvalue weighted by Gasteiger charge is -2.22. The lowest BCUT2D eigenvalue weighted by molar-refractivity contribution is 0.0667. The van der Waals surface area contributed by atoms with Gasteiger partial charge in [-0.3, -0.25) is 0 Å². The summed E-state index contributed by atoms with van der Waals surface area (Å²) < 4.78 is 26.4. The molecule has 1 aromatic heterocycles. The van der Waals surface area contributed by atoms with E-state index >= 15 is 0 Å². The van der Waals surface area contributed by atoms with Crippen molar-refractivity contribution in [3.8, 4) is 0 Å². The van der Waals surface area contributed by atoms with E-state index in [4.69, 9.17) is 0 Å². The van der Waals surface area contributed by atoms with Gasteiger partial charge in [0.15, 0.2) is 0 Å². The highest BCUT2D eigenvalue weighted by molar-refractivity contribution is 7.89. The van der Waals surface area contributed by atoms with E-state index in [1.807, 2.05) is 30.3 Å². The minimum atomic E-state index is -3.30. The van der Waals surface area contributed by atoms with Crippen LogP contribution in [0.3, 0.4) is 0 Å². The van der Waals surface area contributed by atoms with E-state index in [2.05, 4.69) is 4.72 Å². The first-order valence-electron chi connectivity index (χ1n) is 6.03. The van der Waals surface area contributed by atoms with Crippen molar-refractivity contribution >= 4 is 31.4 Å². The molecule has 1 atom stereocenters. The van der Waals surface area contributed by atoms with Crippen LogP contribution in [-0.4, -0.2) is 25.8 Å². The first-order chi connectivity index (χ1) is 8.84. The smallest absolute Gasteiger partial charge is 0.211 e. The molecule has 4 nitrogen and oxygen atoms in total. The van der Waals surface area contributed by atoms with Crippen molar-refractivity contribution in [3.63, 3.8) is 0 Å². The monoisotopic (exact) mass is 299 g/mol. The summed E-state index contributed by atoms with van der Waals surface area (Å²) in [7, 11) is -3.30. The van der Waals surface area contributed by atoms with Gasteiger partial charge in [-0.15, -0.1) is 11.3 Å². The van der Waals surface area contributed by atoms with Crippen LogP contribution in [0.15, 0.2) is 30.3 Å². The largest absolute Gasteiger partial charge is 0.383 e. The number of hydrogen-bond acceptors (Lipinski definition) is 4. The average molecular weight is 299 g/mol. The SMILES string of the molecule is CCS(=O)(=O)NC[C@@](C)(O)c1cc2ccccc2s1. The van der Waals surface area contributed by atoms with E-state index in [0.717, 1.165) is 15.0 Å². The van der Waals surface area contributed by atoms with Crippen LogP contribution >= 0.6 is 11.3 Å². The van der Waals surface area contributed by atoms with Crippen molar-refractivity contribution in [2.75, 3.05) is 12.3 Å².